The average Bonchev–Trinajstić information content (AvgIpc) is 2.77. The van der Waals surface area contributed by atoms with Crippen LogP contribution in [0.2, 0.25) is 0 Å². The van der Waals surface area contributed by atoms with E-state index < -0.39 is 0 Å². The molecule has 0 amide bonds. The van der Waals surface area contributed by atoms with Crippen molar-refractivity contribution >= 4 is 27.6 Å². The van der Waals surface area contributed by atoms with Gasteiger partial charge in [0, 0.05) is 10.2 Å². The molecule has 1 aliphatic carbocycles. The summed E-state index contributed by atoms with van der Waals surface area (Å²) in [5.74, 6) is 1.56. The van der Waals surface area contributed by atoms with Gasteiger partial charge in [-0.15, -0.1) is 0 Å². The van der Waals surface area contributed by atoms with E-state index in [2.05, 4.69) is 50.9 Å². The van der Waals surface area contributed by atoms with E-state index in [1.165, 1.54) is 32.1 Å². The highest BCUT2D eigenvalue weighted by molar-refractivity contribution is 9.10. The first-order valence-electron chi connectivity index (χ1n) is 7.50. The fraction of sp³-hybridized carbons (Fsp3) is 0.562. The molecule has 0 saturated heterocycles. The zero-order valence-corrected chi connectivity index (χ0v) is 13.6. The van der Waals surface area contributed by atoms with Crippen LogP contribution in [0.4, 0.5) is 5.69 Å². The van der Waals surface area contributed by atoms with Gasteiger partial charge in [-0.3, -0.25) is 4.99 Å². The quantitative estimate of drug-likeness (QED) is 0.889. The number of rotatable bonds is 2. The Labute approximate surface area is 129 Å². The fourth-order valence-corrected chi connectivity index (χ4v) is 4.03. The van der Waals surface area contributed by atoms with Crippen LogP contribution in [0.5, 0.6) is 0 Å². The van der Waals surface area contributed by atoms with E-state index in [1.54, 1.807) is 0 Å². The summed E-state index contributed by atoms with van der Waals surface area (Å²) < 4.78 is 1.09. The number of anilines is 1. The van der Waals surface area contributed by atoms with Gasteiger partial charge in [0.25, 0.3) is 0 Å². The standard InChI is InChI=1S/C16H22BrN3/c1-2-12-6-8-16(9-7-12)11-19-15(18)20(16)14-5-3-4-13(17)10-14/h3-5,10,12H,2,6-9,11H2,1H3,(H2,18,19). The van der Waals surface area contributed by atoms with Gasteiger partial charge in [0.15, 0.2) is 5.96 Å². The van der Waals surface area contributed by atoms with Crippen molar-refractivity contribution in [2.45, 2.75) is 44.6 Å². The predicted molar refractivity (Wildman–Crippen MR) is 88.1 cm³/mol. The van der Waals surface area contributed by atoms with Gasteiger partial charge in [0.1, 0.15) is 0 Å². The second kappa shape index (κ2) is 5.40. The summed E-state index contributed by atoms with van der Waals surface area (Å²) >= 11 is 3.56. The van der Waals surface area contributed by atoms with Crippen molar-refractivity contribution in [3.8, 4) is 0 Å². The molecule has 1 saturated carbocycles. The van der Waals surface area contributed by atoms with Crippen LogP contribution in [0, 0.1) is 5.92 Å². The predicted octanol–water partition coefficient (Wildman–Crippen LogP) is 3.92. The van der Waals surface area contributed by atoms with Crippen LogP contribution in [0.3, 0.4) is 0 Å². The summed E-state index contributed by atoms with van der Waals surface area (Å²) in [6.45, 7) is 3.15. The van der Waals surface area contributed by atoms with Crippen molar-refractivity contribution in [3.05, 3.63) is 28.7 Å². The molecule has 1 aromatic carbocycles. The van der Waals surface area contributed by atoms with Gasteiger partial charge in [-0.05, 0) is 49.8 Å². The Morgan fingerprint density at radius 2 is 2.15 bits per heavy atom. The molecule has 1 fully saturated rings. The lowest BCUT2D eigenvalue weighted by Gasteiger charge is -2.44. The number of hydrogen-bond donors (Lipinski definition) is 1. The molecule has 3 rings (SSSR count). The Balaban J connectivity index is 1.89. The van der Waals surface area contributed by atoms with Crippen molar-refractivity contribution in [1.29, 1.82) is 0 Å². The van der Waals surface area contributed by atoms with Gasteiger partial charge in [-0.2, -0.15) is 0 Å². The Morgan fingerprint density at radius 3 is 2.80 bits per heavy atom. The van der Waals surface area contributed by atoms with Crippen LogP contribution in [-0.2, 0) is 0 Å². The van der Waals surface area contributed by atoms with Gasteiger partial charge in [-0.1, -0.05) is 35.3 Å². The van der Waals surface area contributed by atoms with E-state index in [1.807, 2.05) is 6.07 Å². The third-order valence-corrected chi connectivity index (χ3v) is 5.41. The summed E-state index contributed by atoms with van der Waals surface area (Å²) in [7, 11) is 0. The molecular formula is C16H22BrN3. The molecule has 2 aliphatic rings. The normalized spacial score (nSPS) is 29.8. The summed E-state index contributed by atoms with van der Waals surface area (Å²) in [5.41, 5.74) is 7.48. The molecule has 0 bridgehead atoms. The highest BCUT2D eigenvalue weighted by Gasteiger charge is 2.45. The minimum absolute atomic E-state index is 0.122. The minimum Gasteiger partial charge on any atom is -0.369 e. The van der Waals surface area contributed by atoms with Gasteiger partial charge >= 0.3 is 0 Å². The molecule has 4 heteroatoms. The number of nitrogens with zero attached hydrogens (tertiary/aromatic N) is 2. The SMILES string of the molecule is CCC1CCC2(CC1)CN=C(N)N2c1cccc(Br)c1. The molecule has 1 spiro atoms. The Hall–Kier alpha value is -1.03. The summed E-state index contributed by atoms with van der Waals surface area (Å²) in [5, 5.41) is 0. The van der Waals surface area contributed by atoms with E-state index in [4.69, 9.17) is 5.73 Å². The Morgan fingerprint density at radius 1 is 1.40 bits per heavy atom. The topological polar surface area (TPSA) is 41.6 Å². The van der Waals surface area contributed by atoms with Crippen LogP contribution in [0.15, 0.2) is 33.7 Å². The maximum atomic E-state index is 6.19. The van der Waals surface area contributed by atoms with E-state index in [0.717, 1.165) is 22.6 Å². The molecule has 2 N–H and O–H groups in total. The van der Waals surface area contributed by atoms with Gasteiger partial charge in [-0.25, -0.2) is 0 Å². The van der Waals surface area contributed by atoms with Crippen molar-refractivity contribution in [3.63, 3.8) is 0 Å². The Bertz CT molecular complexity index is 518. The van der Waals surface area contributed by atoms with E-state index in [-0.39, 0.29) is 5.54 Å². The largest absolute Gasteiger partial charge is 0.369 e. The number of hydrogen-bond acceptors (Lipinski definition) is 3. The third-order valence-electron chi connectivity index (χ3n) is 4.92. The molecule has 1 aromatic rings. The monoisotopic (exact) mass is 335 g/mol. The molecule has 108 valence electrons. The van der Waals surface area contributed by atoms with E-state index in [0.29, 0.717) is 5.96 Å². The third kappa shape index (κ3) is 2.34. The second-order valence-electron chi connectivity index (χ2n) is 6.07. The van der Waals surface area contributed by atoms with Crippen LogP contribution < -0.4 is 10.6 Å². The van der Waals surface area contributed by atoms with Gasteiger partial charge < -0.3 is 10.6 Å². The molecule has 3 nitrogen and oxygen atoms in total. The first kappa shape index (κ1) is 13.9. The number of aliphatic imine (C=N–C) groups is 1. The highest BCUT2D eigenvalue weighted by Crippen LogP contribution is 2.42. The van der Waals surface area contributed by atoms with Crippen molar-refractivity contribution in [1.82, 2.24) is 0 Å². The van der Waals surface area contributed by atoms with Crippen LogP contribution >= 0.6 is 15.9 Å². The molecular weight excluding hydrogens is 314 g/mol. The zero-order valence-electron chi connectivity index (χ0n) is 12.0. The van der Waals surface area contributed by atoms with E-state index in [9.17, 15) is 0 Å². The summed E-state index contributed by atoms with van der Waals surface area (Å²) in [6.07, 6.45) is 6.28. The lowest BCUT2D eigenvalue weighted by molar-refractivity contribution is 0.244. The molecule has 1 heterocycles. The van der Waals surface area contributed by atoms with Gasteiger partial charge in [0.05, 0.1) is 12.1 Å². The second-order valence-corrected chi connectivity index (χ2v) is 6.98. The number of guanidine groups is 1. The molecule has 0 radical (unpaired) electrons. The van der Waals surface area contributed by atoms with Crippen molar-refractivity contribution in [2.75, 3.05) is 11.4 Å². The number of nitrogens with two attached hydrogens (primary N) is 1. The highest BCUT2D eigenvalue weighted by atomic mass is 79.9. The number of halogens is 1. The van der Waals surface area contributed by atoms with Crippen LogP contribution in [-0.4, -0.2) is 18.0 Å². The van der Waals surface area contributed by atoms with Crippen molar-refractivity contribution in [2.24, 2.45) is 16.6 Å². The van der Waals surface area contributed by atoms with Crippen LogP contribution in [0.25, 0.3) is 0 Å². The first-order valence-corrected chi connectivity index (χ1v) is 8.30. The van der Waals surface area contributed by atoms with Gasteiger partial charge in [0.2, 0.25) is 0 Å². The number of benzene rings is 1. The summed E-state index contributed by atoms with van der Waals surface area (Å²) in [6, 6.07) is 8.39. The van der Waals surface area contributed by atoms with Crippen molar-refractivity contribution < 1.29 is 0 Å². The molecule has 20 heavy (non-hydrogen) atoms. The first-order chi connectivity index (χ1) is 9.64. The molecule has 0 atom stereocenters. The average molecular weight is 336 g/mol. The maximum absolute atomic E-state index is 6.19. The lowest BCUT2D eigenvalue weighted by Crippen LogP contribution is -2.53. The molecule has 0 aromatic heterocycles. The smallest absolute Gasteiger partial charge is 0.196 e. The van der Waals surface area contributed by atoms with Crippen LogP contribution in [0.1, 0.15) is 39.0 Å². The summed E-state index contributed by atoms with van der Waals surface area (Å²) in [4.78, 5) is 6.84. The minimum atomic E-state index is 0.122. The zero-order chi connectivity index (χ0) is 14.2. The lowest BCUT2D eigenvalue weighted by atomic mass is 9.75. The van der Waals surface area contributed by atoms with E-state index >= 15 is 0 Å². The maximum Gasteiger partial charge on any atom is 0.196 e. The Kier molecular flexibility index (Phi) is 3.76. The molecule has 1 aliphatic heterocycles. The fourth-order valence-electron chi connectivity index (χ4n) is 3.64. The molecule has 0 unspecified atom stereocenters.